The van der Waals surface area contributed by atoms with Gasteiger partial charge >= 0.3 is 0 Å². The van der Waals surface area contributed by atoms with E-state index in [9.17, 15) is 0 Å². The lowest BCUT2D eigenvalue weighted by Crippen LogP contribution is -2.23. The van der Waals surface area contributed by atoms with E-state index in [2.05, 4.69) is 5.32 Å². The Morgan fingerprint density at radius 2 is 2.11 bits per heavy atom. The normalized spacial score (nSPS) is 16.6. The lowest BCUT2D eigenvalue weighted by molar-refractivity contribution is 0.0699. The summed E-state index contributed by atoms with van der Waals surface area (Å²) in [5.74, 6) is 1.43. The van der Waals surface area contributed by atoms with Crippen LogP contribution in [-0.2, 0) is 4.74 Å². The van der Waals surface area contributed by atoms with Crippen molar-refractivity contribution in [2.45, 2.75) is 32.8 Å². The molecule has 4 nitrogen and oxygen atoms in total. The molecule has 0 aliphatic carbocycles. The van der Waals surface area contributed by atoms with Crippen molar-refractivity contribution in [3.05, 3.63) is 18.2 Å². The minimum absolute atomic E-state index is 0.132. The van der Waals surface area contributed by atoms with Crippen molar-refractivity contribution in [1.82, 2.24) is 0 Å². The monoisotopic (exact) mass is 264 g/mol. The van der Waals surface area contributed by atoms with E-state index in [1.54, 1.807) is 0 Å². The number of nitrogen functional groups attached to an aromatic ring is 1. The molecule has 1 heterocycles. The second-order valence-corrected chi connectivity index (χ2v) is 5.32. The number of nitrogens with one attached hydrogen (secondary N) is 1. The van der Waals surface area contributed by atoms with Gasteiger partial charge in [-0.15, -0.1) is 0 Å². The third-order valence-electron chi connectivity index (χ3n) is 3.35. The summed E-state index contributed by atoms with van der Waals surface area (Å²) < 4.78 is 11.1. The maximum absolute atomic E-state index is 6.14. The van der Waals surface area contributed by atoms with E-state index in [4.69, 9.17) is 15.2 Å². The van der Waals surface area contributed by atoms with Gasteiger partial charge in [-0.3, -0.25) is 0 Å². The van der Waals surface area contributed by atoms with Crippen LogP contribution in [0.1, 0.15) is 26.7 Å². The van der Waals surface area contributed by atoms with Crippen molar-refractivity contribution < 1.29 is 9.47 Å². The average Bonchev–Trinajstić information content (AvgIpc) is 2.40. The maximum atomic E-state index is 6.14. The standard InChI is InChI=1S/C15H24N2O2/c1-11(2)19-14-5-3-4-13(15(14)16)17-10-12-6-8-18-9-7-12/h3-5,11-12,17H,6-10,16H2,1-2H3. The number of ether oxygens (including phenoxy) is 2. The van der Waals surface area contributed by atoms with Crippen LogP contribution < -0.4 is 15.8 Å². The number of benzene rings is 1. The van der Waals surface area contributed by atoms with Crippen LogP contribution in [0.25, 0.3) is 0 Å². The molecule has 3 N–H and O–H groups in total. The molecule has 1 fully saturated rings. The summed E-state index contributed by atoms with van der Waals surface area (Å²) >= 11 is 0. The smallest absolute Gasteiger partial charge is 0.144 e. The lowest BCUT2D eigenvalue weighted by atomic mass is 10.0. The molecule has 19 heavy (non-hydrogen) atoms. The Hall–Kier alpha value is -1.42. The molecular formula is C15H24N2O2. The van der Waals surface area contributed by atoms with Gasteiger partial charge in [0.2, 0.25) is 0 Å². The van der Waals surface area contributed by atoms with Crippen LogP contribution >= 0.6 is 0 Å². The minimum atomic E-state index is 0.132. The molecule has 0 bridgehead atoms. The van der Waals surface area contributed by atoms with Gasteiger partial charge in [-0.05, 0) is 44.7 Å². The Labute approximate surface area is 115 Å². The van der Waals surface area contributed by atoms with Gasteiger partial charge in [0.1, 0.15) is 5.75 Å². The highest BCUT2D eigenvalue weighted by Gasteiger charge is 2.14. The topological polar surface area (TPSA) is 56.5 Å². The Kier molecular flexibility index (Phi) is 4.91. The summed E-state index contributed by atoms with van der Waals surface area (Å²) in [7, 11) is 0. The quantitative estimate of drug-likeness (QED) is 0.803. The fraction of sp³-hybridized carbons (Fsp3) is 0.600. The summed E-state index contributed by atoms with van der Waals surface area (Å²) in [6.45, 7) is 6.69. The molecule has 1 aliphatic rings. The molecule has 1 aromatic rings. The van der Waals surface area contributed by atoms with Crippen LogP contribution in [0.3, 0.4) is 0 Å². The molecule has 1 aromatic carbocycles. The van der Waals surface area contributed by atoms with Crippen LogP contribution in [0, 0.1) is 5.92 Å². The van der Waals surface area contributed by atoms with Gasteiger partial charge in [0, 0.05) is 19.8 Å². The fourth-order valence-electron chi connectivity index (χ4n) is 2.26. The van der Waals surface area contributed by atoms with Crippen LogP contribution in [0.4, 0.5) is 11.4 Å². The van der Waals surface area contributed by atoms with Crippen LogP contribution in [0.2, 0.25) is 0 Å². The molecule has 106 valence electrons. The first kappa shape index (κ1) is 14.0. The van der Waals surface area contributed by atoms with E-state index in [1.165, 1.54) is 0 Å². The van der Waals surface area contributed by atoms with E-state index in [0.717, 1.165) is 44.0 Å². The van der Waals surface area contributed by atoms with Crippen LogP contribution in [0.15, 0.2) is 18.2 Å². The predicted octanol–water partition coefficient (Wildman–Crippen LogP) is 2.89. The molecule has 0 unspecified atom stereocenters. The molecule has 0 atom stereocenters. The van der Waals surface area contributed by atoms with Gasteiger partial charge < -0.3 is 20.5 Å². The van der Waals surface area contributed by atoms with Gasteiger partial charge in [-0.25, -0.2) is 0 Å². The van der Waals surface area contributed by atoms with E-state index in [0.29, 0.717) is 11.6 Å². The van der Waals surface area contributed by atoms with Crippen molar-refractivity contribution in [3.63, 3.8) is 0 Å². The van der Waals surface area contributed by atoms with Crippen molar-refractivity contribution >= 4 is 11.4 Å². The molecule has 1 saturated heterocycles. The van der Waals surface area contributed by atoms with Crippen molar-refractivity contribution in [2.24, 2.45) is 5.92 Å². The summed E-state index contributed by atoms with van der Waals surface area (Å²) in [6.07, 6.45) is 2.37. The Bertz CT molecular complexity index is 401. The van der Waals surface area contributed by atoms with E-state index in [-0.39, 0.29) is 6.10 Å². The highest BCUT2D eigenvalue weighted by Crippen LogP contribution is 2.30. The van der Waals surface area contributed by atoms with Crippen molar-refractivity contribution in [3.8, 4) is 5.75 Å². The van der Waals surface area contributed by atoms with E-state index < -0.39 is 0 Å². The zero-order valence-corrected chi connectivity index (χ0v) is 11.8. The van der Waals surface area contributed by atoms with Gasteiger partial charge in [-0.2, -0.15) is 0 Å². The van der Waals surface area contributed by atoms with Gasteiger partial charge in [0.25, 0.3) is 0 Å². The number of para-hydroxylation sites is 1. The molecule has 0 aromatic heterocycles. The summed E-state index contributed by atoms with van der Waals surface area (Å²) in [6, 6.07) is 5.89. The lowest BCUT2D eigenvalue weighted by Gasteiger charge is -2.23. The fourth-order valence-corrected chi connectivity index (χ4v) is 2.26. The van der Waals surface area contributed by atoms with Gasteiger partial charge in [-0.1, -0.05) is 6.07 Å². The van der Waals surface area contributed by atoms with Crippen molar-refractivity contribution in [1.29, 1.82) is 0 Å². The predicted molar refractivity (Wildman–Crippen MR) is 78.7 cm³/mol. The number of nitrogens with two attached hydrogens (primary N) is 1. The Balaban J connectivity index is 1.95. The third kappa shape index (κ3) is 4.03. The molecule has 0 spiro atoms. The molecular weight excluding hydrogens is 240 g/mol. The molecule has 0 radical (unpaired) electrons. The first-order chi connectivity index (χ1) is 9.16. The maximum Gasteiger partial charge on any atom is 0.144 e. The zero-order chi connectivity index (χ0) is 13.7. The van der Waals surface area contributed by atoms with Crippen LogP contribution in [-0.4, -0.2) is 25.9 Å². The zero-order valence-electron chi connectivity index (χ0n) is 11.8. The summed E-state index contributed by atoms with van der Waals surface area (Å²) in [5, 5.41) is 3.44. The van der Waals surface area contributed by atoms with Crippen LogP contribution in [0.5, 0.6) is 5.75 Å². The number of hydrogen-bond acceptors (Lipinski definition) is 4. The highest BCUT2D eigenvalue weighted by atomic mass is 16.5. The van der Waals surface area contributed by atoms with E-state index >= 15 is 0 Å². The van der Waals surface area contributed by atoms with E-state index in [1.807, 2.05) is 32.0 Å². The molecule has 0 saturated carbocycles. The number of rotatable bonds is 5. The van der Waals surface area contributed by atoms with Gasteiger partial charge in [0.15, 0.2) is 0 Å². The third-order valence-corrected chi connectivity index (χ3v) is 3.35. The number of anilines is 2. The molecule has 1 aliphatic heterocycles. The average molecular weight is 264 g/mol. The largest absolute Gasteiger partial charge is 0.489 e. The van der Waals surface area contributed by atoms with Gasteiger partial charge in [0.05, 0.1) is 17.5 Å². The molecule has 2 rings (SSSR count). The summed E-state index contributed by atoms with van der Waals surface area (Å²) in [5.41, 5.74) is 7.80. The second kappa shape index (κ2) is 6.66. The SMILES string of the molecule is CC(C)Oc1cccc(NCC2CCOCC2)c1N. The molecule has 4 heteroatoms. The first-order valence-corrected chi connectivity index (χ1v) is 7.03. The second-order valence-electron chi connectivity index (χ2n) is 5.32. The first-order valence-electron chi connectivity index (χ1n) is 7.03. The highest BCUT2D eigenvalue weighted by molar-refractivity contribution is 5.72. The Morgan fingerprint density at radius 1 is 1.37 bits per heavy atom. The molecule has 0 amide bonds. The number of hydrogen-bond donors (Lipinski definition) is 2. The Morgan fingerprint density at radius 3 is 2.79 bits per heavy atom. The minimum Gasteiger partial charge on any atom is -0.489 e. The van der Waals surface area contributed by atoms with Crippen molar-refractivity contribution in [2.75, 3.05) is 30.8 Å². The summed E-state index contributed by atoms with van der Waals surface area (Å²) in [4.78, 5) is 0.